The van der Waals surface area contributed by atoms with E-state index in [1.54, 1.807) is 14.2 Å². The van der Waals surface area contributed by atoms with Crippen molar-refractivity contribution >= 4 is 0 Å². The van der Waals surface area contributed by atoms with Crippen LogP contribution in [0.3, 0.4) is 0 Å². The maximum absolute atomic E-state index is 6.00. The standard InChI is InChI=1S/C15H23NO2/c1-17-13-6-5-12(14(9-13)18-2)10-15(11-16)7-3-4-8-15/h5-6,9H,3-4,7-8,10-11,16H2,1-2H3. The molecule has 0 radical (unpaired) electrons. The Kier molecular flexibility index (Phi) is 4.12. The molecule has 2 N–H and O–H groups in total. The summed E-state index contributed by atoms with van der Waals surface area (Å²) < 4.78 is 10.7. The largest absolute Gasteiger partial charge is 0.497 e. The van der Waals surface area contributed by atoms with Gasteiger partial charge in [0.2, 0.25) is 0 Å². The summed E-state index contributed by atoms with van der Waals surface area (Å²) in [5.74, 6) is 1.75. The van der Waals surface area contributed by atoms with Gasteiger partial charge in [0, 0.05) is 6.07 Å². The Hall–Kier alpha value is -1.22. The highest BCUT2D eigenvalue weighted by Gasteiger charge is 2.33. The van der Waals surface area contributed by atoms with E-state index in [1.165, 1.54) is 31.2 Å². The molecule has 100 valence electrons. The van der Waals surface area contributed by atoms with Gasteiger partial charge >= 0.3 is 0 Å². The Morgan fingerprint density at radius 1 is 1.17 bits per heavy atom. The molecule has 18 heavy (non-hydrogen) atoms. The van der Waals surface area contributed by atoms with Crippen molar-refractivity contribution in [2.24, 2.45) is 11.1 Å². The predicted molar refractivity (Wildman–Crippen MR) is 73.2 cm³/mol. The van der Waals surface area contributed by atoms with Gasteiger partial charge in [0.1, 0.15) is 11.5 Å². The second-order valence-corrected chi connectivity index (χ2v) is 5.27. The monoisotopic (exact) mass is 249 g/mol. The maximum atomic E-state index is 6.00. The van der Waals surface area contributed by atoms with E-state index >= 15 is 0 Å². The van der Waals surface area contributed by atoms with Gasteiger partial charge in [-0.15, -0.1) is 0 Å². The first-order chi connectivity index (χ1) is 8.73. The van der Waals surface area contributed by atoms with Crippen LogP contribution in [0.1, 0.15) is 31.2 Å². The van der Waals surface area contributed by atoms with Crippen LogP contribution in [0.15, 0.2) is 18.2 Å². The fourth-order valence-corrected chi connectivity index (χ4v) is 2.98. The Bertz CT molecular complexity index is 397. The minimum absolute atomic E-state index is 0.280. The number of ether oxygens (including phenoxy) is 2. The van der Waals surface area contributed by atoms with Crippen LogP contribution in [0.4, 0.5) is 0 Å². The van der Waals surface area contributed by atoms with Gasteiger partial charge in [-0.1, -0.05) is 18.9 Å². The van der Waals surface area contributed by atoms with E-state index in [-0.39, 0.29) is 5.41 Å². The molecule has 1 fully saturated rings. The number of methoxy groups -OCH3 is 2. The fourth-order valence-electron chi connectivity index (χ4n) is 2.98. The summed E-state index contributed by atoms with van der Waals surface area (Å²) in [6.07, 6.45) is 6.08. The van der Waals surface area contributed by atoms with Crippen molar-refractivity contribution < 1.29 is 9.47 Å². The molecule has 0 atom stereocenters. The average Bonchev–Trinajstić information content (AvgIpc) is 2.88. The first-order valence-electron chi connectivity index (χ1n) is 6.64. The van der Waals surface area contributed by atoms with Crippen LogP contribution in [0.2, 0.25) is 0 Å². The van der Waals surface area contributed by atoms with Crippen molar-refractivity contribution in [2.75, 3.05) is 20.8 Å². The Morgan fingerprint density at radius 2 is 1.89 bits per heavy atom. The summed E-state index contributed by atoms with van der Waals surface area (Å²) in [4.78, 5) is 0. The Labute approximate surface area is 109 Å². The van der Waals surface area contributed by atoms with Crippen LogP contribution in [-0.2, 0) is 6.42 Å². The fraction of sp³-hybridized carbons (Fsp3) is 0.600. The van der Waals surface area contributed by atoms with Gasteiger partial charge in [-0.2, -0.15) is 0 Å². The van der Waals surface area contributed by atoms with Gasteiger partial charge < -0.3 is 15.2 Å². The van der Waals surface area contributed by atoms with Crippen LogP contribution in [-0.4, -0.2) is 20.8 Å². The smallest absolute Gasteiger partial charge is 0.125 e. The second-order valence-electron chi connectivity index (χ2n) is 5.27. The summed E-state index contributed by atoms with van der Waals surface area (Å²) in [7, 11) is 3.38. The molecular weight excluding hydrogens is 226 g/mol. The summed E-state index contributed by atoms with van der Waals surface area (Å²) in [6.45, 7) is 0.766. The van der Waals surface area contributed by atoms with Gasteiger partial charge in [0.05, 0.1) is 14.2 Å². The minimum Gasteiger partial charge on any atom is -0.497 e. The molecule has 1 aromatic carbocycles. The number of benzene rings is 1. The molecule has 0 aromatic heterocycles. The highest BCUT2D eigenvalue weighted by atomic mass is 16.5. The molecule has 0 saturated heterocycles. The maximum Gasteiger partial charge on any atom is 0.125 e. The lowest BCUT2D eigenvalue weighted by molar-refractivity contribution is 0.299. The van der Waals surface area contributed by atoms with Gasteiger partial charge in [-0.05, 0) is 42.9 Å². The molecular formula is C15H23NO2. The number of nitrogens with two attached hydrogens (primary N) is 1. The van der Waals surface area contributed by atoms with Crippen molar-refractivity contribution in [3.8, 4) is 11.5 Å². The lowest BCUT2D eigenvalue weighted by Gasteiger charge is -2.28. The third-order valence-electron chi connectivity index (χ3n) is 4.16. The SMILES string of the molecule is COc1ccc(CC2(CN)CCCC2)c(OC)c1. The molecule has 1 aromatic rings. The first-order valence-corrected chi connectivity index (χ1v) is 6.64. The van der Waals surface area contributed by atoms with Gasteiger partial charge in [-0.25, -0.2) is 0 Å². The molecule has 1 aliphatic carbocycles. The molecule has 0 bridgehead atoms. The van der Waals surface area contributed by atoms with Crippen molar-refractivity contribution in [3.05, 3.63) is 23.8 Å². The van der Waals surface area contributed by atoms with Gasteiger partial charge in [0.15, 0.2) is 0 Å². The molecule has 0 aliphatic heterocycles. The molecule has 0 unspecified atom stereocenters. The summed E-state index contributed by atoms with van der Waals surface area (Å²) >= 11 is 0. The van der Waals surface area contributed by atoms with E-state index in [0.29, 0.717) is 0 Å². The van der Waals surface area contributed by atoms with E-state index < -0.39 is 0 Å². The quantitative estimate of drug-likeness (QED) is 0.872. The highest BCUT2D eigenvalue weighted by Crippen LogP contribution is 2.42. The highest BCUT2D eigenvalue weighted by molar-refractivity contribution is 5.41. The van der Waals surface area contributed by atoms with Crippen molar-refractivity contribution in [2.45, 2.75) is 32.1 Å². The molecule has 1 saturated carbocycles. The minimum atomic E-state index is 0.280. The number of rotatable bonds is 5. The zero-order chi connectivity index (χ0) is 13.0. The number of hydrogen-bond donors (Lipinski definition) is 1. The van der Waals surface area contributed by atoms with Crippen molar-refractivity contribution in [1.82, 2.24) is 0 Å². The molecule has 3 nitrogen and oxygen atoms in total. The van der Waals surface area contributed by atoms with Gasteiger partial charge in [-0.3, -0.25) is 0 Å². The van der Waals surface area contributed by atoms with E-state index in [4.69, 9.17) is 15.2 Å². The zero-order valence-corrected chi connectivity index (χ0v) is 11.4. The normalized spacial score (nSPS) is 17.7. The van der Waals surface area contributed by atoms with Gasteiger partial charge in [0.25, 0.3) is 0 Å². The van der Waals surface area contributed by atoms with Crippen molar-refractivity contribution in [1.29, 1.82) is 0 Å². The molecule has 2 rings (SSSR count). The molecule has 1 aliphatic rings. The first kappa shape index (κ1) is 13.2. The third kappa shape index (κ3) is 2.61. The molecule has 0 amide bonds. The predicted octanol–water partition coefficient (Wildman–Crippen LogP) is 2.77. The van der Waals surface area contributed by atoms with Crippen LogP contribution in [0.5, 0.6) is 11.5 Å². The lowest BCUT2D eigenvalue weighted by Crippen LogP contribution is -2.29. The zero-order valence-electron chi connectivity index (χ0n) is 11.4. The van der Waals surface area contributed by atoms with Crippen LogP contribution < -0.4 is 15.2 Å². The summed E-state index contributed by atoms with van der Waals surface area (Å²) in [6, 6.07) is 6.05. The van der Waals surface area contributed by atoms with Crippen LogP contribution in [0, 0.1) is 5.41 Å². The van der Waals surface area contributed by atoms with E-state index in [0.717, 1.165) is 24.5 Å². The number of hydrogen-bond acceptors (Lipinski definition) is 3. The molecule has 3 heteroatoms. The molecule has 0 heterocycles. The van der Waals surface area contributed by atoms with Crippen molar-refractivity contribution in [3.63, 3.8) is 0 Å². The topological polar surface area (TPSA) is 44.5 Å². The summed E-state index contributed by atoms with van der Waals surface area (Å²) in [5.41, 5.74) is 7.52. The average molecular weight is 249 g/mol. The van der Waals surface area contributed by atoms with E-state index in [1.807, 2.05) is 12.1 Å². The summed E-state index contributed by atoms with van der Waals surface area (Å²) in [5, 5.41) is 0. The van der Waals surface area contributed by atoms with E-state index in [2.05, 4.69) is 6.07 Å². The van der Waals surface area contributed by atoms with Crippen LogP contribution >= 0.6 is 0 Å². The lowest BCUT2D eigenvalue weighted by atomic mass is 9.80. The van der Waals surface area contributed by atoms with Crippen LogP contribution in [0.25, 0.3) is 0 Å². The second kappa shape index (κ2) is 5.61. The van der Waals surface area contributed by atoms with E-state index in [9.17, 15) is 0 Å². The molecule has 0 spiro atoms. The third-order valence-corrected chi connectivity index (χ3v) is 4.16. The Balaban J connectivity index is 2.22. The Morgan fingerprint density at radius 3 is 2.44 bits per heavy atom.